The molecule has 4 heteroatoms. The number of anilines is 1. The van der Waals surface area contributed by atoms with Gasteiger partial charge in [0.25, 0.3) is 0 Å². The molecule has 94 valence electrons. The predicted octanol–water partition coefficient (Wildman–Crippen LogP) is 2.11. The minimum atomic E-state index is 0.0978. The molecule has 1 fully saturated rings. The third-order valence-electron chi connectivity index (χ3n) is 3.49. The molecule has 18 heavy (non-hydrogen) atoms. The van der Waals surface area contributed by atoms with E-state index in [9.17, 15) is 4.79 Å². The average molecular weight is 243 g/mol. The van der Waals surface area contributed by atoms with Crippen LogP contribution in [0.25, 0.3) is 10.9 Å². The van der Waals surface area contributed by atoms with E-state index >= 15 is 0 Å². The van der Waals surface area contributed by atoms with Crippen molar-refractivity contribution >= 4 is 22.5 Å². The molecule has 4 nitrogen and oxygen atoms in total. The lowest BCUT2D eigenvalue weighted by atomic mass is 9.99. The fourth-order valence-corrected chi connectivity index (χ4v) is 2.45. The molecular weight excluding hydrogens is 226 g/mol. The van der Waals surface area contributed by atoms with E-state index in [4.69, 9.17) is 0 Å². The second kappa shape index (κ2) is 4.82. The van der Waals surface area contributed by atoms with Crippen molar-refractivity contribution in [2.45, 2.75) is 12.8 Å². The van der Waals surface area contributed by atoms with Crippen LogP contribution in [0.1, 0.15) is 12.8 Å². The zero-order valence-corrected chi connectivity index (χ0v) is 10.2. The van der Waals surface area contributed by atoms with E-state index in [-0.39, 0.29) is 11.8 Å². The minimum absolute atomic E-state index is 0.0978. The zero-order valence-electron chi connectivity index (χ0n) is 10.2. The number of benzene rings is 1. The Morgan fingerprint density at radius 1 is 1.33 bits per heavy atom. The van der Waals surface area contributed by atoms with E-state index < -0.39 is 0 Å². The van der Waals surface area contributed by atoms with Crippen LogP contribution < -0.4 is 10.6 Å². The molecule has 1 amide bonds. The lowest BCUT2D eigenvalue weighted by molar-refractivity contribution is -0.120. The lowest BCUT2D eigenvalue weighted by Gasteiger charge is -2.21. The van der Waals surface area contributed by atoms with E-state index in [1.54, 1.807) is 0 Å². The Morgan fingerprint density at radius 2 is 2.28 bits per heavy atom. The second-order valence-corrected chi connectivity index (χ2v) is 4.81. The third kappa shape index (κ3) is 2.24. The molecule has 1 atom stereocenters. The molecule has 0 spiro atoms. The van der Waals surface area contributed by atoms with Crippen LogP contribution in [0.3, 0.4) is 0 Å². The standard InChI is InChI=1S/C14H17N3O/c18-14(11-2-1-6-15-9-11)17-12-3-4-13-10(8-12)5-7-16-13/h3-5,7-8,11,15-16H,1-2,6,9H2,(H,17,18). The monoisotopic (exact) mass is 243 g/mol. The summed E-state index contributed by atoms with van der Waals surface area (Å²) in [6, 6.07) is 7.93. The van der Waals surface area contributed by atoms with Crippen molar-refractivity contribution < 1.29 is 4.79 Å². The Balaban J connectivity index is 1.72. The van der Waals surface area contributed by atoms with E-state index in [1.807, 2.05) is 30.5 Å². The number of rotatable bonds is 2. The predicted molar refractivity (Wildman–Crippen MR) is 72.5 cm³/mol. The van der Waals surface area contributed by atoms with Gasteiger partial charge in [0.2, 0.25) is 5.91 Å². The Hall–Kier alpha value is -1.81. The molecular formula is C14H17N3O. The molecule has 0 saturated carbocycles. The van der Waals surface area contributed by atoms with Gasteiger partial charge in [0.05, 0.1) is 5.92 Å². The highest BCUT2D eigenvalue weighted by molar-refractivity contribution is 5.95. The molecule has 2 heterocycles. The van der Waals surface area contributed by atoms with Crippen LogP contribution in [-0.2, 0) is 4.79 Å². The minimum Gasteiger partial charge on any atom is -0.361 e. The van der Waals surface area contributed by atoms with Crippen molar-refractivity contribution in [1.29, 1.82) is 0 Å². The zero-order chi connectivity index (χ0) is 12.4. The van der Waals surface area contributed by atoms with Crippen molar-refractivity contribution in [2.75, 3.05) is 18.4 Å². The molecule has 1 saturated heterocycles. The van der Waals surface area contributed by atoms with Gasteiger partial charge in [-0.3, -0.25) is 4.79 Å². The Bertz CT molecular complexity index is 555. The number of hydrogen-bond acceptors (Lipinski definition) is 2. The number of aromatic nitrogens is 1. The molecule has 0 bridgehead atoms. The van der Waals surface area contributed by atoms with Gasteiger partial charge in [0.15, 0.2) is 0 Å². The van der Waals surface area contributed by atoms with Crippen molar-refractivity contribution in [3.8, 4) is 0 Å². The summed E-state index contributed by atoms with van der Waals surface area (Å²) in [4.78, 5) is 15.2. The SMILES string of the molecule is O=C(Nc1ccc2[nH]ccc2c1)C1CCCNC1. The van der Waals surface area contributed by atoms with Crippen LogP contribution in [-0.4, -0.2) is 24.0 Å². The summed E-state index contributed by atoms with van der Waals surface area (Å²) in [7, 11) is 0. The molecule has 1 aromatic heterocycles. The summed E-state index contributed by atoms with van der Waals surface area (Å²) in [5, 5.41) is 7.38. The van der Waals surface area contributed by atoms with Gasteiger partial charge in [0, 0.05) is 29.3 Å². The van der Waals surface area contributed by atoms with Gasteiger partial charge in [-0.1, -0.05) is 0 Å². The average Bonchev–Trinajstić information content (AvgIpc) is 2.87. The first kappa shape index (κ1) is 11.3. The highest BCUT2D eigenvalue weighted by atomic mass is 16.1. The van der Waals surface area contributed by atoms with Gasteiger partial charge in [-0.2, -0.15) is 0 Å². The van der Waals surface area contributed by atoms with Crippen LogP contribution in [0.4, 0.5) is 5.69 Å². The van der Waals surface area contributed by atoms with Crippen LogP contribution in [0.5, 0.6) is 0 Å². The van der Waals surface area contributed by atoms with Gasteiger partial charge in [-0.05, 0) is 43.7 Å². The first-order valence-corrected chi connectivity index (χ1v) is 6.42. The first-order valence-electron chi connectivity index (χ1n) is 6.42. The Labute approximate surface area is 106 Å². The summed E-state index contributed by atoms with van der Waals surface area (Å²) in [6.07, 6.45) is 3.96. The maximum absolute atomic E-state index is 12.1. The normalized spacial score (nSPS) is 19.9. The summed E-state index contributed by atoms with van der Waals surface area (Å²) >= 11 is 0. The smallest absolute Gasteiger partial charge is 0.228 e. The molecule has 0 aliphatic carbocycles. The molecule has 1 aliphatic rings. The molecule has 1 aliphatic heterocycles. The Kier molecular flexibility index (Phi) is 3.02. The van der Waals surface area contributed by atoms with Crippen molar-refractivity contribution in [3.05, 3.63) is 30.5 Å². The number of nitrogens with one attached hydrogen (secondary N) is 3. The van der Waals surface area contributed by atoms with E-state index in [1.165, 1.54) is 0 Å². The number of amides is 1. The fraction of sp³-hybridized carbons (Fsp3) is 0.357. The number of piperidine rings is 1. The summed E-state index contributed by atoms with van der Waals surface area (Å²) in [5.74, 6) is 0.220. The van der Waals surface area contributed by atoms with E-state index in [0.29, 0.717) is 0 Å². The van der Waals surface area contributed by atoms with Gasteiger partial charge in [0.1, 0.15) is 0 Å². The maximum atomic E-state index is 12.1. The maximum Gasteiger partial charge on any atom is 0.228 e. The van der Waals surface area contributed by atoms with Gasteiger partial charge < -0.3 is 15.6 Å². The number of H-pyrrole nitrogens is 1. The highest BCUT2D eigenvalue weighted by Crippen LogP contribution is 2.19. The summed E-state index contributed by atoms with van der Waals surface area (Å²) < 4.78 is 0. The number of aromatic amines is 1. The number of carbonyl (C=O) groups excluding carboxylic acids is 1. The first-order chi connectivity index (χ1) is 8.83. The van der Waals surface area contributed by atoms with Crippen LogP contribution in [0, 0.1) is 5.92 Å². The molecule has 1 unspecified atom stereocenters. The molecule has 3 N–H and O–H groups in total. The largest absolute Gasteiger partial charge is 0.361 e. The van der Waals surface area contributed by atoms with E-state index in [0.717, 1.165) is 42.5 Å². The second-order valence-electron chi connectivity index (χ2n) is 4.81. The third-order valence-corrected chi connectivity index (χ3v) is 3.49. The number of carbonyl (C=O) groups is 1. The van der Waals surface area contributed by atoms with Gasteiger partial charge in [-0.15, -0.1) is 0 Å². The van der Waals surface area contributed by atoms with Crippen molar-refractivity contribution in [2.24, 2.45) is 5.92 Å². The van der Waals surface area contributed by atoms with Gasteiger partial charge in [-0.25, -0.2) is 0 Å². The number of hydrogen-bond donors (Lipinski definition) is 3. The number of fused-ring (bicyclic) bond motifs is 1. The molecule has 2 aromatic rings. The fourth-order valence-electron chi connectivity index (χ4n) is 2.45. The quantitative estimate of drug-likeness (QED) is 0.756. The summed E-state index contributed by atoms with van der Waals surface area (Å²) in [6.45, 7) is 1.82. The van der Waals surface area contributed by atoms with Gasteiger partial charge >= 0.3 is 0 Å². The highest BCUT2D eigenvalue weighted by Gasteiger charge is 2.20. The molecule has 0 radical (unpaired) electrons. The van der Waals surface area contributed by atoms with Crippen molar-refractivity contribution in [1.82, 2.24) is 10.3 Å². The molecule has 1 aromatic carbocycles. The van der Waals surface area contributed by atoms with E-state index in [2.05, 4.69) is 15.6 Å². The van der Waals surface area contributed by atoms with Crippen LogP contribution in [0.2, 0.25) is 0 Å². The Morgan fingerprint density at radius 3 is 3.11 bits per heavy atom. The summed E-state index contributed by atoms with van der Waals surface area (Å²) in [5.41, 5.74) is 1.96. The van der Waals surface area contributed by atoms with Crippen molar-refractivity contribution in [3.63, 3.8) is 0 Å². The lowest BCUT2D eigenvalue weighted by Crippen LogP contribution is -2.37. The molecule has 3 rings (SSSR count). The van der Waals surface area contributed by atoms with Crippen LogP contribution >= 0.6 is 0 Å². The topological polar surface area (TPSA) is 56.9 Å². The van der Waals surface area contributed by atoms with Crippen LogP contribution in [0.15, 0.2) is 30.5 Å².